The zero-order valence-electron chi connectivity index (χ0n) is 15.2. The van der Waals surface area contributed by atoms with Crippen molar-refractivity contribution in [1.82, 2.24) is 9.21 Å². The van der Waals surface area contributed by atoms with Gasteiger partial charge in [-0.15, -0.1) is 11.3 Å². The number of piperazine rings is 1. The van der Waals surface area contributed by atoms with Crippen LogP contribution in [0, 0.1) is 13.8 Å². The zero-order chi connectivity index (χ0) is 19.6. The lowest BCUT2D eigenvalue weighted by Crippen LogP contribution is -2.50. The summed E-state index contributed by atoms with van der Waals surface area (Å²) in [5.41, 5.74) is 2.02. The average molecular weight is 469 g/mol. The molecule has 27 heavy (non-hydrogen) atoms. The van der Waals surface area contributed by atoms with E-state index >= 15 is 0 Å². The third-order valence-electron chi connectivity index (χ3n) is 4.65. The van der Waals surface area contributed by atoms with Crippen LogP contribution in [0.4, 0.5) is 0 Å². The van der Waals surface area contributed by atoms with Gasteiger partial charge in [0.1, 0.15) is 0 Å². The molecule has 0 atom stereocenters. The molecule has 1 fully saturated rings. The van der Waals surface area contributed by atoms with Gasteiger partial charge in [0, 0.05) is 37.1 Å². The number of nitrogens with zero attached hydrogens (tertiary/aromatic N) is 2. The van der Waals surface area contributed by atoms with Crippen LogP contribution >= 0.6 is 27.3 Å². The number of carbonyl (C=O) groups excluding carboxylic acids is 1. The van der Waals surface area contributed by atoms with Crippen molar-refractivity contribution in [3.63, 3.8) is 0 Å². The summed E-state index contributed by atoms with van der Waals surface area (Å²) in [6.45, 7) is 5.25. The second-order valence-electron chi connectivity index (χ2n) is 6.45. The number of aryl methyl sites for hydroxylation is 2. The van der Waals surface area contributed by atoms with Gasteiger partial charge in [-0.1, -0.05) is 6.07 Å². The maximum Gasteiger partial charge on any atom is 0.246 e. The topological polar surface area (TPSA) is 57.7 Å². The third-order valence-corrected chi connectivity index (χ3v) is 8.13. The Hall–Kier alpha value is -1.48. The molecule has 2 heterocycles. The van der Waals surface area contributed by atoms with Crippen molar-refractivity contribution in [1.29, 1.82) is 0 Å². The first-order chi connectivity index (χ1) is 12.8. The van der Waals surface area contributed by atoms with Crippen LogP contribution in [-0.2, 0) is 14.8 Å². The van der Waals surface area contributed by atoms with Crippen LogP contribution in [0.3, 0.4) is 0 Å². The lowest BCUT2D eigenvalue weighted by Gasteiger charge is -2.33. The molecular formula is C19H21BrN2O3S2. The summed E-state index contributed by atoms with van der Waals surface area (Å²) in [7, 11) is -3.53. The molecule has 1 saturated heterocycles. The smallest absolute Gasteiger partial charge is 0.246 e. The van der Waals surface area contributed by atoms with Crippen LogP contribution in [0.1, 0.15) is 16.0 Å². The number of rotatable bonds is 4. The van der Waals surface area contributed by atoms with E-state index in [1.807, 2.05) is 32.0 Å². The van der Waals surface area contributed by atoms with Gasteiger partial charge in [-0.3, -0.25) is 4.79 Å². The largest absolute Gasteiger partial charge is 0.337 e. The van der Waals surface area contributed by atoms with Crippen LogP contribution < -0.4 is 0 Å². The first-order valence-corrected chi connectivity index (χ1v) is 11.6. The Bertz CT molecular complexity index is 975. The Kier molecular flexibility index (Phi) is 6.20. The lowest BCUT2D eigenvalue weighted by atomic mass is 10.1. The first-order valence-electron chi connectivity index (χ1n) is 8.57. The van der Waals surface area contributed by atoms with Crippen LogP contribution in [-0.4, -0.2) is 49.7 Å². The number of amides is 1. The second kappa shape index (κ2) is 8.26. The van der Waals surface area contributed by atoms with E-state index in [-0.39, 0.29) is 5.91 Å². The highest BCUT2D eigenvalue weighted by atomic mass is 79.9. The Morgan fingerprint density at radius 1 is 1.07 bits per heavy atom. The predicted octanol–water partition coefficient (Wildman–Crippen LogP) is 3.67. The van der Waals surface area contributed by atoms with Crippen LogP contribution in [0.25, 0.3) is 6.08 Å². The van der Waals surface area contributed by atoms with Crippen molar-refractivity contribution in [3.8, 4) is 0 Å². The maximum atomic E-state index is 12.8. The predicted molar refractivity (Wildman–Crippen MR) is 112 cm³/mol. The van der Waals surface area contributed by atoms with Gasteiger partial charge in [0.05, 0.1) is 8.68 Å². The summed E-state index contributed by atoms with van der Waals surface area (Å²) in [5.74, 6) is -0.0947. The average Bonchev–Trinajstić information content (AvgIpc) is 3.07. The summed E-state index contributed by atoms with van der Waals surface area (Å²) in [4.78, 5) is 15.3. The van der Waals surface area contributed by atoms with Crippen molar-refractivity contribution in [3.05, 3.63) is 56.2 Å². The first kappa shape index (κ1) is 20.3. The molecule has 2 aromatic rings. The Balaban J connectivity index is 1.63. The van der Waals surface area contributed by atoms with Gasteiger partial charge in [0.2, 0.25) is 15.9 Å². The fourth-order valence-electron chi connectivity index (χ4n) is 2.85. The minimum atomic E-state index is -3.53. The molecule has 0 bridgehead atoms. The van der Waals surface area contributed by atoms with Crippen LogP contribution in [0.5, 0.6) is 0 Å². The Labute approximate surface area is 172 Å². The van der Waals surface area contributed by atoms with E-state index in [2.05, 4.69) is 15.9 Å². The monoisotopic (exact) mass is 468 g/mol. The highest BCUT2D eigenvalue weighted by molar-refractivity contribution is 9.11. The summed E-state index contributed by atoms with van der Waals surface area (Å²) < 4.78 is 28.2. The SMILES string of the molecule is Cc1ccc(S(=O)(=O)N2CCN(C(=O)/C=C/c3ccc(Br)s3)CC2)cc1C. The maximum absolute atomic E-state index is 12.8. The van der Waals surface area contributed by atoms with Crippen LogP contribution in [0.15, 0.2) is 45.1 Å². The molecule has 1 aliphatic heterocycles. The second-order valence-corrected chi connectivity index (χ2v) is 10.9. The lowest BCUT2D eigenvalue weighted by molar-refractivity contribution is -0.127. The van der Waals surface area contributed by atoms with Gasteiger partial charge in [-0.05, 0) is 71.2 Å². The fourth-order valence-corrected chi connectivity index (χ4v) is 5.68. The molecule has 0 saturated carbocycles. The summed E-state index contributed by atoms with van der Waals surface area (Å²) in [5, 5.41) is 0. The number of sulfonamides is 1. The van der Waals surface area contributed by atoms with E-state index in [9.17, 15) is 13.2 Å². The van der Waals surface area contributed by atoms with Crippen molar-refractivity contribution in [2.45, 2.75) is 18.7 Å². The molecule has 1 aromatic heterocycles. The van der Waals surface area contributed by atoms with E-state index in [1.54, 1.807) is 40.5 Å². The van der Waals surface area contributed by atoms with E-state index in [4.69, 9.17) is 0 Å². The van der Waals surface area contributed by atoms with Crippen molar-refractivity contribution in [2.75, 3.05) is 26.2 Å². The molecular weight excluding hydrogens is 448 g/mol. The van der Waals surface area contributed by atoms with E-state index in [0.717, 1.165) is 19.8 Å². The molecule has 5 nitrogen and oxygen atoms in total. The Morgan fingerprint density at radius 2 is 1.78 bits per heavy atom. The minimum absolute atomic E-state index is 0.0947. The fraction of sp³-hybridized carbons (Fsp3) is 0.316. The molecule has 1 amide bonds. The highest BCUT2D eigenvalue weighted by Gasteiger charge is 2.29. The molecule has 144 valence electrons. The molecule has 0 N–H and O–H groups in total. The highest BCUT2D eigenvalue weighted by Crippen LogP contribution is 2.23. The molecule has 0 spiro atoms. The van der Waals surface area contributed by atoms with Gasteiger partial charge >= 0.3 is 0 Å². The normalized spacial score (nSPS) is 16.2. The third kappa shape index (κ3) is 4.68. The van der Waals surface area contributed by atoms with E-state index < -0.39 is 10.0 Å². The molecule has 1 aliphatic rings. The number of halogens is 1. The summed E-state index contributed by atoms with van der Waals surface area (Å²) in [6.07, 6.45) is 3.34. The molecule has 3 rings (SSSR count). The van der Waals surface area contributed by atoms with Gasteiger partial charge in [-0.2, -0.15) is 4.31 Å². The van der Waals surface area contributed by atoms with E-state index in [0.29, 0.717) is 31.1 Å². The van der Waals surface area contributed by atoms with Gasteiger partial charge in [0.15, 0.2) is 0 Å². The summed E-state index contributed by atoms with van der Waals surface area (Å²) >= 11 is 4.95. The number of thiophene rings is 1. The molecule has 0 radical (unpaired) electrons. The molecule has 1 aromatic carbocycles. The molecule has 8 heteroatoms. The zero-order valence-corrected chi connectivity index (χ0v) is 18.4. The van der Waals surface area contributed by atoms with Crippen molar-refractivity contribution >= 4 is 49.3 Å². The number of hydrogen-bond acceptors (Lipinski definition) is 4. The quantitative estimate of drug-likeness (QED) is 0.643. The Morgan fingerprint density at radius 3 is 2.37 bits per heavy atom. The van der Waals surface area contributed by atoms with Gasteiger partial charge in [0.25, 0.3) is 0 Å². The van der Waals surface area contributed by atoms with Gasteiger partial charge in [-0.25, -0.2) is 8.42 Å². The van der Waals surface area contributed by atoms with Crippen molar-refractivity contribution < 1.29 is 13.2 Å². The van der Waals surface area contributed by atoms with E-state index in [1.165, 1.54) is 4.31 Å². The van der Waals surface area contributed by atoms with Crippen molar-refractivity contribution in [2.24, 2.45) is 0 Å². The standard InChI is InChI=1S/C19H21BrN2O3S2/c1-14-3-6-17(13-15(14)2)27(24,25)22-11-9-21(10-12-22)19(23)8-5-16-4-7-18(20)26-16/h3-8,13H,9-12H2,1-2H3/b8-5+. The number of carbonyl (C=O) groups is 1. The molecule has 0 unspecified atom stereocenters. The number of benzene rings is 1. The molecule has 0 aliphatic carbocycles. The minimum Gasteiger partial charge on any atom is -0.337 e. The van der Waals surface area contributed by atoms with Crippen LogP contribution in [0.2, 0.25) is 0 Å². The summed E-state index contributed by atoms with van der Waals surface area (Å²) in [6, 6.07) is 9.06. The van der Waals surface area contributed by atoms with Gasteiger partial charge < -0.3 is 4.90 Å². The number of hydrogen-bond donors (Lipinski definition) is 0.